The van der Waals surface area contributed by atoms with E-state index in [0.29, 0.717) is 28.5 Å². The summed E-state index contributed by atoms with van der Waals surface area (Å²) in [5, 5.41) is 15.2. The second-order valence-electron chi connectivity index (χ2n) is 6.54. The highest BCUT2D eigenvalue weighted by molar-refractivity contribution is 6.30. The summed E-state index contributed by atoms with van der Waals surface area (Å²) < 4.78 is 11.0. The van der Waals surface area contributed by atoms with Crippen LogP contribution in [0.2, 0.25) is 5.02 Å². The van der Waals surface area contributed by atoms with Crippen molar-refractivity contribution in [2.24, 2.45) is 5.10 Å². The number of rotatable bonds is 8. The number of carbonyl (C=O) groups excluding carboxylic acids is 2. The van der Waals surface area contributed by atoms with Crippen LogP contribution >= 0.6 is 11.6 Å². The van der Waals surface area contributed by atoms with Gasteiger partial charge in [-0.05, 0) is 61.0 Å². The topological polar surface area (TPSA) is 120 Å². The standard InChI is InChI=1S/C23H18ClN3O6/c1-2-32-21-12-15(6-11-20(21)33-23(29)16-7-9-18(24)10-8-16)14-25-26-22(28)17-4-3-5-19(13-17)27(30)31/h3-14H,2H2,1H3,(H,26,28). The Labute approximate surface area is 193 Å². The number of benzene rings is 3. The van der Waals surface area contributed by atoms with Crippen LogP contribution in [-0.2, 0) is 0 Å². The third kappa shape index (κ3) is 6.37. The molecule has 0 radical (unpaired) electrons. The van der Waals surface area contributed by atoms with Crippen LogP contribution in [0.1, 0.15) is 33.2 Å². The molecule has 3 aromatic rings. The molecule has 9 nitrogen and oxygen atoms in total. The summed E-state index contributed by atoms with van der Waals surface area (Å²) in [6.07, 6.45) is 1.36. The van der Waals surface area contributed by atoms with E-state index >= 15 is 0 Å². The summed E-state index contributed by atoms with van der Waals surface area (Å²) in [6.45, 7) is 2.11. The molecule has 0 aromatic heterocycles. The van der Waals surface area contributed by atoms with Gasteiger partial charge in [0.25, 0.3) is 11.6 Å². The highest BCUT2D eigenvalue weighted by atomic mass is 35.5. The Kier molecular flexibility index (Phi) is 7.72. The van der Waals surface area contributed by atoms with Crippen LogP contribution in [0.15, 0.2) is 71.8 Å². The molecule has 10 heteroatoms. The fraction of sp³-hybridized carbons (Fsp3) is 0.0870. The number of non-ortho nitro benzene ring substituents is 1. The molecule has 0 aliphatic carbocycles. The van der Waals surface area contributed by atoms with Gasteiger partial charge in [0, 0.05) is 22.7 Å². The number of hydrogen-bond donors (Lipinski definition) is 1. The molecule has 0 atom stereocenters. The van der Waals surface area contributed by atoms with Crippen LogP contribution in [0.4, 0.5) is 5.69 Å². The minimum Gasteiger partial charge on any atom is -0.490 e. The fourth-order valence-electron chi connectivity index (χ4n) is 2.69. The number of nitro groups is 1. The van der Waals surface area contributed by atoms with Crippen molar-refractivity contribution in [2.75, 3.05) is 6.61 Å². The van der Waals surface area contributed by atoms with E-state index in [1.807, 2.05) is 0 Å². The predicted molar refractivity (Wildman–Crippen MR) is 122 cm³/mol. The van der Waals surface area contributed by atoms with E-state index in [1.54, 1.807) is 49.4 Å². The van der Waals surface area contributed by atoms with Crippen LogP contribution < -0.4 is 14.9 Å². The Morgan fingerprint density at radius 1 is 1.06 bits per heavy atom. The van der Waals surface area contributed by atoms with Gasteiger partial charge in [-0.25, -0.2) is 10.2 Å². The lowest BCUT2D eigenvalue weighted by atomic mass is 10.2. The van der Waals surface area contributed by atoms with Gasteiger partial charge in [0.1, 0.15) is 0 Å². The lowest BCUT2D eigenvalue weighted by Crippen LogP contribution is -2.17. The molecule has 3 aromatic carbocycles. The molecule has 1 N–H and O–H groups in total. The van der Waals surface area contributed by atoms with Crippen LogP contribution in [0.25, 0.3) is 0 Å². The molecule has 0 aliphatic rings. The van der Waals surface area contributed by atoms with Crippen molar-refractivity contribution in [1.29, 1.82) is 0 Å². The van der Waals surface area contributed by atoms with Gasteiger partial charge in [0.2, 0.25) is 0 Å². The number of nitrogens with one attached hydrogen (secondary N) is 1. The SMILES string of the molecule is CCOc1cc(C=NNC(=O)c2cccc([N+](=O)[O-])c2)ccc1OC(=O)c1ccc(Cl)cc1. The van der Waals surface area contributed by atoms with Crippen molar-refractivity contribution in [3.63, 3.8) is 0 Å². The molecule has 0 saturated heterocycles. The first kappa shape index (κ1) is 23.4. The molecule has 0 spiro atoms. The van der Waals surface area contributed by atoms with Gasteiger partial charge in [-0.15, -0.1) is 0 Å². The summed E-state index contributed by atoms with van der Waals surface area (Å²) in [5.41, 5.74) is 3.10. The zero-order chi connectivity index (χ0) is 23.8. The molecule has 3 rings (SSSR count). The van der Waals surface area contributed by atoms with Gasteiger partial charge in [-0.2, -0.15) is 5.10 Å². The summed E-state index contributed by atoms with van der Waals surface area (Å²) in [5.74, 6) is -0.643. The smallest absolute Gasteiger partial charge is 0.343 e. The molecule has 0 saturated carbocycles. The van der Waals surface area contributed by atoms with Gasteiger partial charge in [-0.3, -0.25) is 14.9 Å². The number of carbonyl (C=O) groups is 2. The van der Waals surface area contributed by atoms with Crippen molar-refractivity contribution in [3.8, 4) is 11.5 Å². The monoisotopic (exact) mass is 467 g/mol. The maximum Gasteiger partial charge on any atom is 0.343 e. The van der Waals surface area contributed by atoms with E-state index in [4.69, 9.17) is 21.1 Å². The Morgan fingerprint density at radius 2 is 1.82 bits per heavy atom. The second-order valence-corrected chi connectivity index (χ2v) is 6.98. The molecule has 0 bridgehead atoms. The van der Waals surface area contributed by atoms with Gasteiger partial charge in [0.15, 0.2) is 11.5 Å². The number of hydrazone groups is 1. The third-order valence-corrected chi connectivity index (χ3v) is 4.50. The van der Waals surface area contributed by atoms with E-state index < -0.39 is 16.8 Å². The Morgan fingerprint density at radius 3 is 2.52 bits per heavy atom. The Hall–Kier alpha value is -4.24. The normalized spacial score (nSPS) is 10.6. The van der Waals surface area contributed by atoms with Crippen molar-refractivity contribution >= 4 is 35.4 Å². The molecule has 33 heavy (non-hydrogen) atoms. The van der Waals surface area contributed by atoms with Crippen LogP contribution in [0.5, 0.6) is 11.5 Å². The van der Waals surface area contributed by atoms with Crippen molar-refractivity contribution in [1.82, 2.24) is 5.43 Å². The minimum absolute atomic E-state index is 0.0980. The molecular formula is C23H18ClN3O6. The fourth-order valence-corrected chi connectivity index (χ4v) is 2.82. The van der Waals surface area contributed by atoms with Crippen LogP contribution in [-0.4, -0.2) is 29.6 Å². The Balaban J connectivity index is 1.70. The summed E-state index contributed by atoms with van der Waals surface area (Å²) >= 11 is 5.84. The van der Waals surface area contributed by atoms with Gasteiger partial charge < -0.3 is 9.47 Å². The number of hydrogen-bond acceptors (Lipinski definition) is 7. The van der Waals surface area contributed by atoms with Crippen molar-refractivity contribution < 1.29 is 24.0 Å². The zero-order valence-corrected chi connectivity index (χ0v) is 18.1. The number of halogens is 1. The summed E-state index contributed by atoms with van der Waals surface area (Å²) in [4.78, 5) is 34.8. The first-order chi connectivity index (χ1) is 15.9. The van der Waals surface area contributed by atoms with Gasteiger partial charge in [-0.1, -0.05) is 17.7 Å². The number of nitrogens with zero attached hydrogens (tertiary/aromatic N) is 2. The zero-order valence-electron chi connectivity index (χ0n) is 17.4. The summed E-state index contributed by atoms with van der Waals surface area (Å²) in [6, 6.07) is 16.3. The number of nitro benzene ring substituents is 1. The number of esters is 1. The lowest BCUT2D eigenvalue weighted by molar-refractivity contribution is -0.384. The van der Waals surface area contributed by atoms with Gasteiger partial charge >= 0.3 is 5.97 Å². The minimum atomic E-state index is -0.603. The molecule has 0 unspecified atom stereocenters. The van der Waals surface area contributed by atoms with E-state index in [1.165, 1.54) is 24.4 Å². The quantitative estimate of drug-likeness (QED) is 0.169. The first-order valence-corrected chi connectivity index (χ1v) is 10.1. The molecule has 168 valence electrons. The maximum absolute atomic E-state index is 12.4. The first-order valence-electron chi connectivity index (χ1n) is 9.70. The third-order valence-electron chi connectivity index (χ3n) is 4.25. The Bertz CT molecular complexity index is 1210. The largest absolute Gasteiger partial charge is 0.490 e. The molecule has 0 heterocycles. The average molecular weight is 468 g/mol. The van der Waals surface area contributed by atoms with Crippen molar-refractivity contribution in [2.45, 2.75) is 6.92 Å². The van der Waals surface area contributed by atoms with Gasteiger partial charge in [0.05, 0.1) is 23.3 Å². The molecule has 1 amide bonds. The van der Waals surface area contributed by atoms with E-state index in [9.17, 15) is 19.7 Å². The maximum atomic E-state index is 12.4. The average Bonchev–Trinajstić information content (AvgIpc) is 2.81. The van der Waals surface area contributed by atoms with Crippen LogP contribution in [0.3, 0.4) is 0 Å². The van der Waals surface area contributed by atoms with E-state index in [0.717, 1.165) is 6.07 Å². The lowest BCUT2D eigenvalue weighted by Gasteiger charge is -2.11. The van der Waals surface area contributed by atoms with Crippen molar-refractivity contribution in [3.05, 3.63) is 98.6 Å². The molecule has 0 aliphatic heterocycles. The number of amides is 1. The number of ether oxygens (including phenoxy) is 2. The van der Waals surface area contributed by atoms with Crippen LogP contribution in [0, 0.1) is 10.1 Å². The second kappa shape index (κ2) is 10.9. The highest BCUT2D eigenvalue weighted by Gasteiger charge is 2.14. The molecular weight excluding hydrogens is 450 g/mol. The summed E-state index contributed by atoms with van der Waals surface area (Å²) in [7, 11) is 0. The van der Waals surface area contributed by atoms with E-state index in [-0.39, 0.29) is 17.0 Å². The van der Waals surface area contributed by atoms with E-state index in [2.05, 4.69) is 10.5 Å². The molecule has 0 fully saturated rings. The highest BCUT2D eigenvalue weighted by Crippen LogP contribution is 2.29. The predicted octanol–water partition coefficient (Wildman–Crippen LogP) is 4.63.